The van der Waals surface area contributed by atoms with Gasteiger partial charge in [-0.2, -0.15) is 0 Å². The summed E-state index contributed by atoms with van der Waals surface area (Å²) in [6.07, 6.45) is -0.199. The Labute approximate surface area is 244 Å². The molecule has 232 valence electrons. The van der Waals surface area contributed by atoms with E-state index in [2.05, 4.69) is 0 Å². The van der Waals surface area contributed by atoms with Crippen LogP contribution >= 0.6 is 7.60 Å². The first-order valence-electron chi connectivity index (χ1n) is 12.7. The Morgan fingerprint density at radius 2 is 1.29 bits per heavy atom. The average Bonchev–Trinajstić information content (AvgIpc) is 2.88. The van der Waals surface area contributed by atoms with Gasteiger partial charge in [0.2, 0.25) is 0 Å². The topological polar surface area (TPSA) is 157 Å². The predicted molar refractivity (Wildman–Crippen MR) is 161 cm³/mol. The van der Waals surface area contributed by atoms with Crippen molar-refractivity contribution in [3.63, 3.8) is 0 Å². The molecule has 0 heterocycles. The van der Waals surface area contributed by atoms with Crippen molar-refractivity contribution in [2.45, 2.75) is 62.4 Å². The molecule has 0 saturated heterocycles. The number of nitrogens with zero attached hydrogens (tertiary/aromatic N) is 1. The zero-order valence-electron chi connectivity index (χ0n) is 23.3. The maximum Gasteiger partial charge on any atom is 0.431 e. The van der Waals surface area contributed by atoms with Gasteiger partial charge in [0, 0.05) is 12.1 Å². The zero-order chi connectivity index (χ0) is 29.6. The highest BCUT2D eigenvalue weighted by Crippen LogP contribution is 2.51. The van der Waals surface area contributed by atoms with E-state index in [4.69, 9.17) is 24.3 Å². The van der Waals surface area contributed by atoms with Gasteiger partial charge in [-0.3, -0.25) is 19.7 Å². The van der Waals surface area contributed by atoms with Crippen molar-refractivity contribution in [2.75, 3.05) is 19.4 Å². The Morgan fingerprint density at radius 1 is 0.829 bits per heavy atom. The third-order valence-corrected chi connectivity index (χ3v) is 7.19. The minimum Gasteiger partial charge on any atom is -0.466 e. The number of benzene rings is 2. The molecule has 2 rings (SSSR count). The molecule has 0 bridgehead atoms. The van der Waals surface area contributed by atoms with E-state index >= 15 is 0 Å². The summed E-state index contributed by atoms with van der Waals surface area (Å²) in [5, 5.41) is 10.8. The third-order valence-electron chi connectivity index (χ3n) is 5.37. The van der Waals surface area contributed by atoms with Crippen molar-refractivity contribution in [3.05, 3.63) is 64.7 Å². The molecule has 0 amide bonds. The fourth-order valence-electron chi connectivity index (χ4n) is 3.08. The first kappa shape index (κ1) is 39.7. The Morgan fingerprint density at radius 3 is 1.71 bits per heavy atom. The molecule has 2 aromatic carbocycles. The largest absolute Gasteiger partial charge is 0.466 e. The lowest BCUT2D eigenvalue weighted by atomic mass is 9.98. The maximum atomic E-state index is 13.6. The van der Waals surface area contributed by atoms with Gasteiger partial charge < -0.3 is 24.3 Å². The van der Waals surface area contributed by atoms with E-state index in [1.54, 1.807) is 44.2 Å². The van der Waals surface area contributed by atoms with E-state index in [9.17, 15) is 24.3 Å². The average molecular weight is 599 g/mol. The summed E-state index contributed by atoms with van der Waals surface area (Å²) in [5.74, 6) is -1.04. The summed E-state index contributed by atoms with van der Waals surface area (Å²) in [5.41, 5.74) is 5.35. The highest BCUT2D eigenvalue weighted by Gasteiger charge is 2.38. The van der Waals surface area contributed by atoms with Gasteiger partial charge in [-0.05, 0) is 49.9 Å². The van der Waals surface area contributed by atoms with Crippen molar-refractivity contribution in [1.82, 2.24) is 0 Å². The van der Waals surface area contributed by atoms with Crippen LogP contribution in [0.2, 0.25) is 0 Å². The van der Waals surface area contributed by atoms with Gasteiger partial charge >= 0.3 is 19.5 Å². The molecule has 0 spiro atoms. The lowest BCUT2D eigenvalue weighted by Crippen LogP contribution is -2.36. The molecule has 0 aliphatic rings. The van der Waals surface area contributed by atoms with Gasteiger partial charge in [0.15, 0.2) is 0 Å². The molecule has 0 aromatic heterocycles. The van der Waals surface area contributed by atoms with E-state index in [1.165, 1.54) is 24.3 Å². The molecular formula is C29H47N2O9P. The van der Waals surface area contributed by atoms with E-state index in [1.807, 2.05) is 27.7 Å². The van der Waals surface area contributed by atoms with Crippen molar-refractivity contribution in [3.8, 4) is 11.5 Å². The second-order valence-electron chi connectivity index (χ2n) is 9.16. The minimum absolute atomic E-state index is 0. The number of carbonyl (C=O) groups excluding carboxylic acids is 2. The van der Waals surface area contributed by atoms with Gasteiger partial charge in [-0.1, -0.05) is 60.7 Å². The van der Waals surface area contributed by atoms with Crippen LogP contribution in [-0.2, 0) is 23.6 Å². The van der Waals surface area contributed by atoms with Crippen LogP contribution < -0.4 is 14.8 Å². The van der Waals surface area contributed by atoms with Gasteiger partial charge in [0.1, 0.15) is 17.5 Å². The van der Waals surface area contributed by atoms with Crippen LogP contribution in [0.5, 0.6) is 11.5 Å². The highest BCUT2D eigenvalue weighted by molar-refractivity contribution is 7.54. The van der Waals surface area contributed by atoms with Gasteiger partial charge in [-0.15, -0.1) is 0 Å². The second-order valence-corrected chi connectivity index (χ2v) is 11.1. The third kappa shape index (κ3) is 14.2. The number of para-hydroxylation sites is 1. The minimum atomic E-state index is -3.86. The second kappa shape index (κ2) is 19.6. The van der Waals surface area contributed by atoms with E-state index in [0.29, 0.717) is 12.4 Å². The fourth-order valence-corrected chi connectivity index (χ4v) is 5.21. The van der Waals surface area contributed by atoms with Gasteiger partial charge in [-0.25, -0.2) is 4.57 Å². The van der Waals surface area contributed by atoms with Crippen molar-refractivity contribution >= 4 is 25.2 Å². The number of hydrogen-bond donors (Lipinski definition) is 1. The number of carbonyl (C=O) groups is 2. The van der Waals surface area contributed by atoms with Crippen LogP contribution in [0.1, 0.15) is 56.4 Å². The lowest BCUT2D eigenvalue weighted by molar-refractivity contribution is -0.384. The van der Waals surface area contributed by atoms with Crippen molar-refractivity contribution in [1.29, 1.82) is 0 Å². The molecule has 2 aromatic rings. The molecule has 0 fully saturated rings. The van der Waals surface area contributed by atoms with Crippen LogP contribution in [0, 0.1) is 27.9 Å². The fraction of sp³-hybridized carbons (Fsp3) is 0.517. The summed E-state index contributed by atoms with van der Waals surface area (Å²) in [6.45, 7) is 11.5. The molecule has 41 heavy (non-hydrogen) atoms. The van der Waals surface area contributed by atoms with Crippen LogP contribution in [0.15, 0.2) is 54.6 Å². The molecule has 11 nitrogen and oxygen atoms in total. The first-order valence-corrected chi connectivity index (χ1v) is 14.4. The van der Waals surface area contributed by atoms with E-state index < -0.39 is 30.4 Å². The number of non-ortho nitro benzene ring substituents is 1. The molecule has 1 unspecified atom stereocenters. The number of nitro benzene ring substituents is 1. The van der Waals surface area contributed by atoms with Crippen LogP contribution in [0.3, 0.4) is 0 Å². The normalized spacial score (nSPS) is 13.1. The van der Waals surface area contributed by atoms with Crippen molar-refractivity contribution < 1.29 is 37.6 Å². The Kier molecular flexibility index (Phi) is 19.0. The first-order chi connectivity index (χ1) is 18.3. The monoisotopic (exact) mass is 598 g/mol. The standard InChI is InChI=1S/C20H24NO7P.C7H15NO2.2CH4/c1-4-26-20(22)19(15(2)3)14-29(25,27-17-8-6-5-7-9-17)28-18-12-10-16(11-13-18)21(23)24;1-4-10-7(9)6(8)5(2)3;;/h5-13,15,19H,4,14H2,1-3H3;5-6H,4,8H2,1-3H3;2*1H4/t19-,29?;6-;;/m00../s1. The number of nitro groups is 1. The number of nitrogens with two attached hydrogens (primary N) is 1. The molecule has 12 heteroatoms. The van der Waals surface area contributed by atoms with E-state index in [0.717, 1.165) is 0 Å². The molecule has 3 atom stereocenters. The summed E-state index contributed by atoms with van der Waals surface area (Å²) >= 11 is 0. The van der Waals surface area contributed by atoms with Crippen LogP contribution in [0.4, 0.5) is 5.69 Å². The zero-order valence-corrected chi connectivity index (χ0v) is 24.2. The van der Waals surface area contributed by atoms with Gasteiger partial charge in [0.25, 0.3) is 5.69 Å². The highest BCUT2D eigenvalue weighted by atomic mass is 31.2. The van der Waals surface area contributed by atoms with Crippen LogP contribution in [0.25, 0.3) is 0 Å². The molecular weight excluding hydrogens is 551 g/mol. The Hall–Kier alpha value is -3.43. The molecule has 0 aliphatic carbocycles. The summed E-state index contributed by atoms with van der Waals surface area (Å²) in [4.78, 5) is 33.5. The van der Waals surface area contributed by atoms with Crippen molar-refractivity contribution in [2.24, 2.45) is 23.5 Å². The number of ether oxygens (including phenoxy) is 2. The number of hydrogen-bond acceptors (Lipinski definition) is 10. The molecule has 2 N–H and O–H groups in total. The predicted octanol–water partition coefficient (Wildman–Crippen LogP) is 6.89. The van der Waals surface area contributed by atoms with Gasteiger partial charge in [0.05, 0.1) is 30.2 Å². The lowest BCUT2D eigenvalue weighted by Gasteiger charge is -2.25. The maximum absolute atomic E-state index is 13.6. The molecule has 0 radical (unpaired) electrons. The molecule has 0 aliphatic heterocycles. The Balaban J connectivity index is 0. The van der Waals surface area contributed by atoms with Crippen LogP contribution in [-0.4, -0.2) is 42.3 Å². The molecule has 0 saturated carbocycles. The summed E-state index contributed by atoms with van der Waals surface area (Å²) in [7, 11) is -3.86. The number of esters is 2. The summed E-state index contributed by atoms with van der Waals surface area (Å²) < 4.78 is 34.8. The quantitative estimate of drug-likeness (QED) is 0.111. The smallest absolute Gasteiger partial charge is 0.431 e. The Bertz CT molecular complexity index is 1090. The SMILES string of the molecule is C.C.CCOC(=O)[C@@H](CP(=O)(Oc1ccccc1)Oc1ccc([N+](=O)[O-])cc1)C(C)C.CCOC(=O)[C@@H](N)C(C)C. The number of rotatable bonds is 13. The van der Waals surface area contributed by atoms with E-state index in [-0.39, 0.29) is 56.9 Å². The summed E-state index contributed by atoms with van der Waals surface area (Å²) in [6, 6.07) is 13.2.